The predicted octanol–water partition coefficient (Wildman–Crippen LogP) is 4.03. The fourth-order valence-corrected chi connectivity index (χ4v) is 3.65. The Bertz CT molecular complexity index is 839. The van der Waals surface area contributed by atoms with Gasteiger partial charge in [0, 0.05) is 30.9 Å². The minimum Gasteiger partial charge on any atom is -0.352 e. The zero-order valence-corrected chi connectivity index (χ0v) is 17.2. The first kappa shape index (κ1) is 19.5. The van der Waals surface area contributed by atoms with Gasteiger partial charge < -0.3 is 4.90 Å². The highest BCUT2D eigenvalue weighted by molar-refractivity contribution is 5.84. The third-order valence-corrected chi connectivity index (χ3v) is 4.88. The van der Waals surface area contributed by atoms with Crippen LogP contribution >= 0.6 is 0 Å². The number of hydrogen-bond acceptors (Lipinski definition) is 5. The first-order valence-electron chi connectivity index (χ1n) is 9.85. The van der Waals surface area contributed by atoms with Crippen molar-refractivity contribution >= 4 is 11.6 Å². The first-order chi connectivity index (χ1) is 12.8. The summed E-state index contributed by atoms with van der Waals surface area (Å²) in [6.07, 6.45) is 6.38. The number of pyridine rings is 1. The van der Waals surface area contributed by atoms with Gasteiger partial charge in [0.15, 0.2) is 11.6 Å². The van der Waals surface area contributed by atoms with E-state index < -0.39 is 0 Å². The molecule has 2 heterocycles. The number of rotatable bonds is 6. The Labute approximate surface area is 162 Å². The van der Waals surface area contributed by atoms with Crippen LogP contribution in [0, 0.1) is 5.41 Å². The third-order valence-electron chi connectivity index (χ3n) is 4.88. The highest BCUT2D eigenvalue weighted by atomic mass is 16.1. The number of aromatic nitrogens is 3. The molecular weight excluding hydrogens is 336 g/mol. The molecule has 0 atom stereocenters. The van der Waals surface area contributed by atoms with Crippen LogP contribution in [0.1, 0.15) is 57.4 Å². The Morgan fingerprint density at radius 1 is 1.22 bits per heavy atom. The number of ketones is 1. The number of Topliss-reactive ketones (excluding diaryl/α,β-unsaturated/α-hetero) is 1. The second kappa shape index (κ2) is 7.75. The second-order valence-electron chi connectivity index (χ2n) is 8.68. The molecule has 144 valence electrons. The molecule has 5 heteroatoms. The molecule has 5 nitrogen and oxygen atoms in total. The van der Waals surface area contributed by atoms with E-state index in [-0.39, 0.29) is 11.2 Å². The van der Waals surface area contributed by atoms with Crippen LogP contribution in [0.4, 0.5) is 5.82 Å². The van der Waals surface area contributed by atoms with E-state index in [1.807, 2.05) is 24.2 Å². The van der Waals surface area contributed by atoms with Gasteiger partial charge in [-0.3, -0.25) is 9.78 Å². The van der Waals surface area contributed by atoms with Crippen LogP contribution in [-0.2, 0) is 24.1 Å². The number of carbonyl (C=O) groups is 1. The van der Waals surface area contributed by atoms with Gasteiger partial charge >= 0.3 is 0 Å². The summed E-state index contributed by atoms with van der Waals surface area (Å²) in [6.45, 7) is 8.79. The summed E-state index contributed by atoms with van der Waals surface area (Å²) < 4.78 is 0. The summed E-state index contributed by atoms with van der Waals surface area (Å²) in [4.78, 5) is 28.6. The van der Waals surface area contributed by atoms with Crippen molar-refractivity contribution in [2.75, 3.05) is 18.5 Å². The molecule has 0 radical (unpaired) electrons. The van der Waals surface area contributed by atoms with Crippen LogP contribution in [-0.4, -0.2) is 34.3 Å². The molecule has 0 spiro atoms. The minimum atomic E-state index is 0.00121. The van der Waals surface area contributed by atoms with Gasteiger partial charge in [-0.2, -0.15) is 0 Å². The van der Waals surface area contributed by atoms with Crippen molar-refractivity contribution in [1.29, 1.82) is 0 Å². The van der Waals surface area contributed by atoms with Crippen LogP contribution in [0.15, 0.2) is 18.3 Å². The normalized spacial score (nSPS) is 13.5. The Morgan fingerprint density at radius 3 is 2.70 bits per heavy atom. The lowest BCUT2D eigenvalue weighted by Crippen LogP contribution is -2.30. The fraction of sp³-hybridized carbons (Fsp3) is 0.545. The standard InChI is InChI=1S/C22H30N4O/c1-6-15-10-11-23-19(12-15)20-24-18-9-7-8-17(18)21(25-20)26(5)14-16(27)13-22(2,3)4/h10-12H,6-9,13-14H2,1-5H3. The van der Waals surface area contributed by atoms with Gasteiger partial charge in [0.25, 0.3) is 0 Å². The molecule has 0 unspecified atom stereocenters. The highest BCUT2D eigenvalue weighted by Crippen LogP contribution is 2.31. The topological polar surface area (TPSA) is 59.0 Å². The number of anilines is 1. The zero-order valence-electron chi connectivity index (χ0n) is 17.2. The van der Waals surface area contributed by atoms with Crippen molar-refractivity contribution in [1.82, 2.24) is 15.0 Å². The number of likely N-dealkylation sites (N-methyl/N-ethyl adjacent to an activating group) is 1. The quantitative estimate of drug-likeness (QED) is 0.772. The summed E-state index contributed by atoms with van der Waals surface area (Å²) >= 11 is 0. The number of fused-ring (bicyclic) bond motifs is 1. The largest absolute Gasteiger partial charge is 0.352 e. The van der Waals surface area contributed by atoms with Gasteiger partial charge in [-0.15, -0.1) is 0 Å². The first-order valence-corrected chi connectivity index (χ1v) is 9.85. The Morgan fingerprint density at radius 2 is 2.00 bits per heavy atom. The molecule has 0 aliphatic heterocycles. The molecule has 27 heavy (non-hydrogen) atoms. The SMILES string of the molecule is CCc1ccnc(-c2nc3c(c(N(C)CC(=O)CC(C)(C)C)n2)CCC3)c1. The van der Waals surface area contributed by atoms with E-state index in [0.29, 0.717) is 18.8 Å². The number of nitrogens with zero attached hydrogens (tertiary/aromatic N) is 4. The summed E-state index contributed by atoms with van der Waals surface area (Å²) in [6, 6.07) is 4.08. The molecule has 3 rings (SSSR count). The number of carbonyl (C=O) groups excluding carboxylic acids is 1. The molecule has 0 fully saturated rings. The maximum absolute atomic E-state index is 12.5. The van der Waals surface area contributed by atoms with Crippen molar-refractivity contribution in [3.8, 4) is 11.5 Å². The fourth-order valence-electron chi connectivity index (χ4n) is 3.65. The maximum Gasteiger partial charge on any atom is 0.180 e. The van der Waals surface area contributed by atoms with Gasteiger partial charge in [-0.1, -0.05) is 27.7 Å². The van der Waals surface area contributed by atoms with Crippen LogP contribution in [0.3, 0.4) is 0 Å². The zero-order chi connectivity index (χ0) is 19.6. The molecule has 0 aromatic carbocycles. The lowest BCUT2D eigenvalue weighted by Gasteiger charge is -2.23. The number of aryl methyl sites for hydroxylation is 2. The van der Waals surface area contributed by atoms with Crippen molar-refractivity contribution in [3.05, 3.63) is 35.2 Å². The molecular formula is C22H30N4O. The molecule has 0 N–H and O–H groups in total. The second-order valence-corrected chi connectivity index (χ2v) is 8.68. The van der Waals surface area contributed by atoms with E-state index in [2.05, 4.69) is 38.7 Å². The lowest BCUT2D eigenvalue weighted by atomic mass is 9.90. The van der Waals surface area contributed by atoms with Gasteiger partial charge in [0.2, 0.25) is 0 Å². The molecule has 1 aliphatic rings. The molecule has 2 aromatic rings. The van der Waals surface area contributed by atoms with Crippen LogP contribution in [0.2, 0.25) is 0 Å². The average Bonchev–Trinajstić information content (AvgIpc) is 3.07. The van der Waals surface area contributed by atoms with E-state index in [1.165, 1.54) is 11.1 Å². The molecule has 0 bridgehead atoms. The summed E-state index contributed by atoms with van der Waals surface area (Å²) in [5.74, 6) is 1.79. The van der Waals surface area contributed by atoms with Crippen molar-refractivity contribution < 1.29 is 4.79 Å². The van der Waals surface area contributed by atoms with E-state index >= 15 is 0 Å². The molecule has 1 aliphatic carbocycles. The van der Waals surface area contributed by atoms with E-state index in [9.17, 15) is 4.79 Å². The third kappa shape index (κ3) is 4.71. The van der Waals surface area contributed by atoms with Gasteiger partial charge in [-0.25, -0.2) is 9.97 Å². The predicted molar refractivity (Wildman–Crippen MR) is 109 cm³/mol. The highest BCUT2D eigenvalue weighted by Gasteiger charge is 2.24. The van der Waals surface area contributed by atoms with Crippen molar-refractivity contribution in [2.45, 2.75) is 59.8 Å². The lowest BCUT2D eigenvalue weighted by molar-refractivity contribution is -0.119. The maximum atomic E-state index is 12.5. The summed E-state index contributed by atoms with van der Waals surface area (Å²) in [5.41, 5.74) is 4.32. The monoisotopic (exact) mass is 366 g/mol. The number of hydrogen-bond donors (Lipinski definition) is 0. The van der Waals surface area contributed by atoms with Gasteiger partial charge in [0.1, 0.15) is 11.5 Å². The van der Waals surface area contributed by atoms with Crippen molar-refractivity contribution in [3.63, 3.8) is 0 Å². The molecule has 0 amide bonds. The van der Waals surface area contributed by atoms with Crippen molar-refractivity contribution in [2.24, 2.45) is 5.41 Å². The van der Waals surface area contributed by atoms with Crippen LogP contribution in [0.5, 0.6) is 0 Å². The smallest absolute Gasteiger partial charge is 0.180 e. The molecule has 0 saturated heterocycles. The minimum absolute atomic E-state index is 0.00121. The van der Waals surface area contributed by atoms with E-state index in [4.69, 9.17) is 9.97 Å². The Hall–Kier alpha value is -2.30. The summed E-state index contributed by atoms with van der Waals surface area (Å²) in [5, 5.41) is 0. The average molecular weight is 367 g/mol. The van der Waals surface area contributed by atoms with Gasteiger partial charge in [0.05, 0.1) is 6.54 Å². The Balaban J connectivity index is 1.93. The van der Waals surface area contributed by atoms with Crippen LogP contribution < -0.4 is 4.90 Å². The van der Waals surface area contributed by atoms with Crippen LogP contribution in [0.25, 0.3) is 11.5 Å². The summed E-state index contributed by atoms with van der Waals surface area (Å²) in [7, 11) is 1.96. The Kier molecular flexibility index (Phi) is 5.59. The van der Waals surface area contributed by atoms with Gasteiger partial charge in [-0.05, 0) is 48.8 Å². The molecule has 2 aromatic heterocycles. The van der Waals surface area contributed by atoms with E-state index in [0.717, 1.165) is 42.9 Å². The van der Waals surface area contributed by atoms with E-state index in [1.54, 1.807) is 0 Å². The molecule has 0 saturated carbocycles.